The first-order valence-corrected chi connectivity index (χ1v) is 12.0. The van der Waals surface area contributed by atoms with E-state index in [1.54, 1.807) is 34.0 Å². The molecule has 188 valence electrons. The van der Waals surface area contributed by atoms with Crippen LogP contribution in [0.1, 0.15) is 29.2 Å². The zero-order valence-corrected chi connectivity index (χ0v) is 20.5. The van der Waals surface area contributed by atoms with Gasteiger partial charge in [-0.1, -0.05) is 24.2 Å². The SMILES string of the molecule is C=CC(=O)N1CCC[C@@H](n2nc(-c3ccc(C(=O)Nc4ccccn4)cc3F)c3c(N)ncc(Cl)c32)C1. The van der Waals surface area contributed by atoms with E-state index in [0.29, 0.717) is 34.8 Å². The standard InChI is InChI=1S/C26H23ClFN7O2/c1-2-21(36)34-11-5-6-16(14-34)35-24-18(27)13-31-25(29)22(24)23(33-35)17-9-8-15(12-19(17)28)26(37)32-20-7-3-4-10-30-20/h2-4,7-10,12-13,16H,1,5-6,11,14H2,(H2,29,31)(H,30,32,37)/t16-/m1/s1. The minimum Gasteiger partial charge on any atom is -0.383 e. The second-order valence-corrected chi connectivity index (χ2v) is 9.06. The number of nitrogens with one attached hydrogen (secondary N) is 1. The molecule has 0 radical (unpaired) electrons. The van der Waals surface area contributed by atoms with E-state index in [9.17, 15) is 9.59 Å². The summed E-state index contributed by atoms with van der Waals surface area (Å²) in [6, 6.07) is 9.00. The third-order valence-corrected chi connectivity index (χ3v) is 6.61. The monoisotopic (exact) mass is 519 g/mol. The van der Waals surface area contributed by atoms with E-state index in [1.165, 1.54) is 24.4 Å². The zero-order valence-electron chi connectivity index (χ0n) is 19.7. The highest BCUT2D eigenvalue weighted by Gasteiger charge is 2.29. The van der Waals surface area contributed by atoms with Gasteiger partial charge in [-0.05, 0) is 49.2 Å². The Morgan fingerprint density at radius 2 is 2.08 bits per heavy atom. The van der Waals surface area contributed by atoms with Crippen LogP contribution in [0, 0.1) is 5.82 Å². The van der Waals surface area contributed by atoms with Crippen molar-refractivity contribution >= 4 is 46.0 Å². The molecule has 11 heteroatoms. The van der Waals surface area contributed by atoms with Crippen molar-refractivity contribution in [2.24, 2.45) is 0 Å². The maximum Gasteiger partial charge on any atom is 0.256 e. The van der Waals surface area contributed by atoms with Crippen LogP contribution >= 0.6 is 11.6 Å². The second-order valence-electron chi connectivity index (χ2n) is 8.66. The third kappa shape index (κ3) is 4.63. The highest BCUT2D eigenvalue weighted by Crippen LogP contribution is 2.39. The Balaban J connectivity index is 1.55. The Hall–Kier alpha value is -4.31. The van der Waals surface area contributed by atoms with Crippen LogP contribution < -0.4 is 11.1 Å². The van der Waals surface area contributed by atoms with Crippen molar-refractivity contribution in [1.82, 2.24) is 24.6 Å². The third-order valence-electron chi connectivity index (χ3n) is 6.33. The largest absolute Gasteiger partial charge is 0.383 e. The Kier molecular flexibility index (Phi) is 6.58. The lowest BCUT2D eigenvalue weighted by Crippen LogP contribution is -2.40. The number of amides is 2. The highest BCUT2D eigenvalue weighted by molar-refractivity contribution is 6.35. The van der Waals surface area contributed by atoms with Crippen LogP contribution in [-0.4, -0.2) is 49.6 Å². The van der Waals surface area contributed by atoms with E-state index in [2.05, 4.69) is 21.9 Å². The first-order valence-electron chi connectivity index (χ1n) is 11.6. The fraction of sp³-hybridized carbons (Fsp3) is 0.192. The molecule has 1 saturated heterocycles. The van der Waals surface area contributed by atoms with Gasteiger partial charge in [-0.2, -0.15) is 5.10 Å². The van der Waals surface area contributed by atoms with Crippen molar-refractivity contribution < 1.29 is 14.0 Å². The molecule has 3 N–H and O–H groups in total. The van der Waals surface area contributed by atoms with Gasteiger partial charge in [0.15, 0.2) is 0 Å². The van der Waals surface area contributed by atoms with Gasteiger partial charge in [-0.15, -0.1) is 0 Å². The van der Waals surface area contributed by atoms with Crippen LogP contribution in [-0.2, 0) is 4.79 Å². The molecule has 1 fully saturated rings. The number of carbonyl (C=O) groups is 2. The van der Waals surface area contributed by atoms with Gasteiger partial charge in [0.1, 0.15) is 23.1 Å². The number of nitrogens with two attached hydrogens (primary N) is 1. The number of fused-ring (bicyclic) bond motifs is 1. The van der Waals surface area contributed by atoms with E-state index < -0.39 is 11.7 Å². The Morgan fingerprint density at radius 3 is 2.81 bits per heavy atom. The molecule has 0 aliphatic carbocycles. The van der Waals surface area contributed by atoms with Crippen LogP contribution in [0.5, 0.6) is 0 Å². The number of carbonyl (C=O) groups excluding carboxylic acids is 2. The predicted octanol–water partition coefficient (Wildman–Crippen LogP) is 4.47. The number of hydrogen-bond acceptors (Lipinski definition) is 6. The lowest BCUT2D eigenvalue weighted by atomic mass is 10.0. The van der Waals surface area contributed by atoms with Gasteiger partial charge in [0.25, 0.3) is 5.91 Å². The fourth-order valence-electron chi connectivity index (χ4n) is 4.57. The summed E-state index contributed by atoms with van der Waals surface area (Å²) < 4.78 is 17.2. The number of hydrogen-bond donors (Lipinski definition) is 2. The summed E-state index contributed by atoms with van der Waals surface area (Å²) in [5, 5.41) is 8.07. The molecule has 1 aromatic carbocycles. The van der Waals surface area contributed by atoms with Crippen molar-refractivity contribution in [2.45, 2.75) is 18.9 Å². The highest BCUT2D eigenvalue weighted by atomic mass is 35.5. The van der Waals surface area contributed by atoms with Gasteiger partial charge < -0.3 is 16.0 Å². The predicted molar refractivity (Wildman–Crippen MR) is 140 cm³/mol. The Labute approximate surface area is 216 Å². The molecule has 9 nitrogen and oxygen atoms in total. The molecule has 5 rings (SSSR count). The molecule has 37 heavy (non-hydrogen) atoms. The molecular weight excluding hydrogens is 497 g/mol. The number of anilines is 2. The quantitative estimate of drug-likeness (QED) is 0.375. The van der Waals surface area contributed by atoms with E-state index in [4.69, 9.17) is 22.4 Å². The zero-order chi connectivity index (χ0) is 26.1. The molecule has 4 aromatic rings. The molecule has 0 spiro atoms. The molecule has 0 bridgehead atoms. The number of rotatable bonds is 5. The van der Waals surface area contributed by atoms with Crippen LogP contribution in [0.15, 0.2) is 61.4 Å². The lowest BCUT2D eigenvalue weighted by Gasteiger charge is -2.32. The summed E-state index contributed by atoms with van der Waals surface area (Å²) in [6.45, 7) is 4.58. The molecule has 0 saturated carbocycles. The topological polar surface area (TPSA) is 119 Å². The molecule has 1 aliphatic rings. The van der Waals surface area contributed by atoms with Gasteiger partial charge >= 0.3 is 0 Å². The van der Waals surface area contributed by atoms with E-state index in [0.717, 1.165) is 18.9 Å². The molecule has 3 aromatic heterocycles. The number of piperidine rings is 1. The number of pyridine rings is 2. The number of likely N-dealkylation sites (tertiary alicyclic amines) is 1. The van der Waals surface area contributed by atoms with Crippen molar-refractivity contribution in [2.75, 3.05) is 24.1 Å². The van der Waals surface area contributed by atoms with Gasteiger partial charge in [0.05, 0.1) is 28.2 Å². The summed E-state index contributed by atoms with van der Waals surface area (Å²) >= 11 is 6.54. The van der Waals surface area contributed by atoms with Crippen LogP contribution in [0.2, 0.25) is 5.02 Å². The van der Waals surface area contributed by atoms with Crippen molar-refractivity contribution in [3.05, 3.63) is 77.9 Å². The van der Waals surface area contributed by atoms with Gasteiger partial charge in [-0.25, -0.2) is 14.4 Å². The number of aromatic nitrogens is 4. The van der Waals surface area contributed by atoms with E-state index in [1.807, 2.05) is 0 Å². The van der Waals surface area contributed by atoms with Crippen LogP contribution in [0.25, 0.3) is 22.2 Å². The maximum atomic E-state index is 15.5. The molecule has 2 amide bonds. The minimum atomic E-state index is -0.660. The number of benzene rings is 1. The molecular formula is C26H23ClFN7O2. The van der Waals surface area contributed by atoms with Gasteiger partial charge in [0, 0.05) is 30.4 Å². The van der Waals surface area contributed by atoms with Gasteiger partial charge in [-0.3, -0.25) is 14.3 Å². The summed E-state index contributed by atoms with van der Waals surface area (Å²) in [4.78, 5) is 34.8. The molecule has 1 aliphatic heterocycles. The molecule has 1 atom stereocenters. The van der Waals surface area contributed by atoms with E-state index >= 15 is 4.39 Å². The summed E-state index contributed by atoms with van der Waals surface area (Å²) in [6.07, 6.45) is 5.75. The van der Waals surface area contributed by atoms with Crippen molar-refractivity contribution in [3.63, 3.8) is 0 Å². The average molecular weight is 520 g/mol. The summed E-state index contributed by atoms with van der Waals surface area (Å²) in [5.74, 6) is -0.831. The smallest absolute Gasteiger partial charge is 0.256 e. The Morgan fingerprint density at radius 1 is 1.24 bits per heavy atom. The van der Waals surface area contributed by atoms with E-state index in [-0.39, 0.29) is 34.6 Å². The first kappa shape index (κ1) is 24.4. The fourth-order valence-corrected chi connectivity index (χ4v) is 4.80. The van der Waals surface area contributed by atoms with Crippen LogP contribution in [0.3, 0.4) is 0 Å². The Bertz CT molecular complexity index is 1520. The number of halogens is 2. The second kappa shape index (κ2) is 9.98. The maximum absolute atomic E-state index is 15.5. The minimum absolute atomic E-state index is 0.116. The number of nitrogens with zero attached hydrogens (tertiary/aromatic N) is 5. The summed E-state index contributed by atoms with van der Waals surface area (Å²) in [5.41, 5.74) is 7.25. The lowest BCUT2D eigenvalue weighted by molar-refractivity contribution is -0.127. The molecule has 4 heterocycles. The van der Waals surface area contributed by atoms with Crippen molar-refractivity contribution in [1.29, 1.82) is 0 Å². The average Bonchev–Trinajstić information content (AvgIpc) is 3.32. The summed E-state index contributed by atoms with van der Waals surface area (Å²) in [7, 11) is 0. The molecule has 0 unspecified atom stereocenters. The van der Waals surface area contributed by atoms with Gasteiger partial charge in [0.2, 0.25) is 5.91 Å². The van der Waals surface area contributed by atoms with Crippen LogP contribution in [0.4, 0.5) is 16.0 Å². The first-order chi connectivity index (χ1) is 17.9. The number of nitrogen functional groups attached to an aromatic ring is 1. The van der Waals surface area contributed by atoms with Crippen molar-refractivity contribution in [3.8, 4) is 11.3 Å². The normalized spacial score (nSPS) is 15.5.